The maximum atomic E-state index is 11.8. The first-order valence-corrected chi connectivity index (χ1v) is 10.00. The quantitative estimate of drug-likeness (QED) is 0.348. The zero-order valence-corrected chi connectivity index (χ0v) is 16.6. The Kier molecular flexibility index (Phi) is 9.01. The van der Waals surface area contributed by atoms with Crippen LogP contribution < -0.4 is 10.1 Å². The van der Waals surface area contributed by atoms with E-state index in [4.69, 9.17) is 21.1 Å². The molecule has 27 heavy (non-hydrogen) atoms. The number of ether oxygens (including phenoxy) is 2. The van der Waals surface area contributed by atoms with Gasteiger partial charge in [0.2, 0.25) is 0 Å². The van der Waals surface area contributed by atoms with Crippen molar-refractivity contribution in [3.05, 3.63) is 53.6 Å². The van der Waals surface area contributed by atoms with Crippen molar-refractivity contribution in [2.24, 2.45) is 0 Å². The Balaban J connectivity index is 1.60. The molecule has 0 bridgehead atoms. The van der Waals surface area contributed by atoms with E-state index in [1.165, 1.54) is 0 Å². The second-order valence-corrected chi connectivity index (χ2v) is 7.18. The molecule has 1 amide bonds. The number of esters is 1. The zero-order chi connectivity index (χ0) is 19.5. The molecule has 5 nitrogen and oxygen atoms in total. The fourth-order valence-electron chi connectivity index (χ4n) is 2.15. The van der Waals surface area contributed by atoms with Crippen LogP contribution in [0.4, 0.5) is 5.69 Å². The Hall–Kier alpha value is -2.18. The summed E-state index contributed by atoms with van der Waals surface area (Å²) in [5.74, 6) is 0.768. The highest BCUT2D eigenvalue weighted by Crippen LogP contribution is 2.21. The molecule has 0 aliphatic rings. The maximum absolute atomic E-state index is 11.8. The number of halogens is 1. The van der Waals surface area contributed by atoms with Crippen molar-refractivity contribution in [3.63, 3.8) is 0 Å². The molecular weight excluding hydrogens is 386 g/mol. The van der Waals surface area contributed by atoms with E-state index in [-0.39, 0.29) is 24.9 Å². The van der Waals surface area contributed by atoms with Crippen LogP contribution in [0.25, 0.3) is 0 Å². The third-order valence-electron chi connectivity index (χ3n) is 3.42. The van der Waals surface area contributed by atoms with Crippen LogP contribution in [0, 0.1) is 0 Å². The number of rotatable bonds is 10. The SMILES string of the molecule is CCOc1ccc(NC(=O)COC(=O)CCCSc2ccc(Cl)cc2)cc1. The molecule has 1 N–H and O–H groups in total. The normalized spacial score (nSPS) is 10.3. The molecule has 2 rings (SSSR count). The van der Waals surface area contributed by atoms with Crippen molar-refractivity contribution in [1.29, 1.82) is 0 Å². The Labute approximate surface area is 168 Å². The van der Waals surface area contributed by atoms with Gasteiger partial charge in [-0.3, -0.25) is 9.59 Å². The monoisotopic (exact) mass is 407 g/mol. The smallest absolute Gasteiger partial charge is 0.306 e. The van der Waals surface area contributed by atoms with Gasteiger partial charge in [0, 0.05) is 22.0 Å². The summed E-state index contributed by atoms with van der Waals surface area (Å²) >= 11 is 7.48. The van der Waals surface area contributed by atoms with Crippen molar-refractivity contribution >= 4 is 40.9 Å². The van der Waals surface area contributed by atoms with E-state index in [1.54, 1.807) is 36.0 Å². The molecule has 0 atom stereocenters. The number of hydrogen-bond donors (Lipinski definition) is 1. The lowest BCUT2D eigenvalue weighted by Gasteiger charge is -2.08. The van der Waals surface area contributed by atoms with E-state index >= 15 is 0 Å². The number of carbonyl (C=O) groups excluding carboxylic acids is 2. The van der Waals surface area contributed by atoms with Gasteiger partial charge in [-0.2, -0.15) is 0 Å². The van der Waals surface area contributed by atoms with Crippen LogP contribution in [0.2, 0.25) is 5.02 Å². The molecule has 0 saturated heterocycles. The molecule has 0 unspecified atom stereocenters. The molecule has 2 aromatic rings. The molecule has 0 spiro atoms. The summed E-state index contributed by atoms with van der Waals surface area (Å²) in [5, 5.41) is 3.37. The number of anilines is 1. The van der Waals surface area contributed by atoms with Gasteiger partial charge in [-0.25, -0.2) is 0 Å². The second-order valence-electron chi connectivity index (χ2n) is 5.57. The summed E-state index contributed by atoms with van der Waals surface area (Å²) in [6.45, 7) is 2.19. The Morgan fingerprint density at radius 1 is 1.07 bits per heavy atom. The topological polar surface area (TPSA) is 64.6 Å². The van der Waals surface area contributed by atoms with Crippen molar-refractivity contribution in [2.45, 2.75) is 24.7 Å². The van der Waals surface area contributed by atoms with Crippen molar-refractivity contribution in [3.8, 4) is 5.75 Å². The van der Waals surface area contributed by atoms with Crippen LogP contribution in [0.1, 0.15) is 19.8 Å². The fourth-order valence-corrected chi connectivity index (χ4v) is 3.13. The summed E-state index contributed by atoms with van der Waals surface area (Å²) in [6.07, 6.45) is 0.948. The van der Waals surface area contributed by atoms with Crippen LogP contribution in [-0.4, -0.2) is 30.8 Å². The fraction of sp³-hybridized carbons (Fsp3) is 0.300. The number of nitrogens with one attached hydrogen (secondary N) is 1. The predicted molar refractivity (Wildman–Crippen MR) is 109 cm³/mol. The highest BCUT2D eigenvalue weighted by atomic mass is 35.5. The highest BCUT2D eigenvalue weighted by Gasteiger charge is 2.08. The van der Waals surface area contributed by atoms with Crippen LogP contribution >= 0.6 is 23.4 Å². The van der Waals surface area contributed by atoms with Crippen LogP contribution in [0.5, 0.6) is 5.75 Å². The van der Waals surface area contributed by atoms with Gasteiger partial charge in [0.25, 0.3) is 5.91 Å². The lowest BCUT2D eigenvalue weighted by molar-refractivity contribution is -0.147. The molecule has 0 heterocycles. The van der Waals surface area contributed by atoms with Gasteiger partial charge in [-0.1, -0.05) is 11.6 Å². The van der Waals surface area contributed by atoms with E-state index in [1.807, 2.05) is 31.2 Å². The molecule has 0 fully saturated rings. The average Bonchev–Trinajstić information content (AvgIpc) is 2.67. The number of hydrogen-bond acceptors (Lipinski definition) is 5. The molecule has 144 valence electrons. The number of benzene rings is 2. The van der Waals surface area contributed by atoms with Crippen molar-refractivity contribution in [1.82, 2.24) is 0 Å². The maximum Gasteiger partial charge on any atom is 0.306 e. The second kappa shape index (κ2) is 11.5. The summed E-state index contributed by atoms with van der Waals surface area (Å²) in [6, 6.07) is 14.6. The molecule has 0 saturated carbocycles. The van der Waals surface area contributed by atoms with Gasteiger partial charge in [0.15, 0.2) is 6.61 Å². The third kappa shape index (κ3) is 8.37. The highest BCUT2D eigenvalue weighted by molar-refractivity contribution is 7.99. The van der Waals surface area contributed by atoms with E-state index in [0.717, 1.165) is 16.4 Å². The van der Waals surface area contributed by atoms with Crippen LogP contribution in [0.3, 0.4) is 0 Å². The lowest BCUT2D eigenvalue weighted by Crippen LogP contribution is -2.20. The number of carbonyl (C=O) groups is 2. The van der Waals surface area contributed by atoms with Gasteiger partial charge >= 0.3 is 5.97 Å². The standard InChI is InChI=1S/C20H22ClNO4S/c1-2-25-17-9-7-16(8-10-17)22-19(23)14-26-20(24)4-3-13-27-18-11-5-15(21)6-12-18/h5-12H,2-4,13-14H2,1H3,(H,22,23). The van der Waals surface area contributed by atoms with Crippen LogP contribution in [-0.2, 0) is 14.3 Å². The van der Waals surface area contributed by atoms with E-state index in [0.29, 0.717) is 23.7 Å². The molecule has 2 aromatic carbocycles. The summed E-state index contributed by atoms with van der Waals surface area (Å²) < 4.78 is 10.3. The van der Waals surface area contributed by atoms with E-state index in [2.05, 4.69) is 5.32 Å². The van der Waals surface area contributed by atoms with Crippen molar-refractivity contribution < 1.29 is 19.1 Å². The minimum absolute atomic E-state index is 0.275. The van der Waals surface area contributed by atoms with Crippen molar-refractivity contribution in [2.75, 3.05) is 24.3 Å². The summed E-state index contributed by atoms with van der Waals surface area (Å²) in [5.41, 5.74) is 0.624. The Morgan fingerprint density at radius 2 is 1.78 bits per heavy atom. The number of amides is 1. The van der Waals surface area contributed by atoms with E-state index < -0.39 is 0 Å². The summed E-state index contributed by atoms with van der Waals surface area (Å²) in [4.78, 5) is 24.7. The first kappa shape index (κ1) is 21.1. The van der Waals surface area contributed by atoms with Gasteiger partial charge in [0.05, 0.1) is 6.61 Å². The predicted octanol–water partition coefficient (Wildman–Crippen LogP) is 4.79. The van der Waals surface area contributed by atoms with Gasteiger partial charge in [0.1, 0.15) is 5.75 Å². The van der Waals surface area contributed by atoms with Crippen LogP contribution in [0.15, 0.2) is 53.4 Å². The first-order chi connectivity index (χ1) is 13.1. The van der Waals surface area contributed by atoms with Gasteiger partial charge in [-0.05, 0) is 67.6 Å². The molecule has 0 radical (unpaired) electrons. The molecule has 7 heteroatoms. The summed E-state index contributed by atoms with van der Waals surface area (Å²) in [7, 11) is 0. The minimum Gasteiger partial charge on any atom is -0.494 e. The average molecular weight is 408 g/mol. The third-order valence-corrected chi connectivity index (χ3v) is 4.77. The minimum atomic E-state index is -0.381. The lowest BCUT2D eigenvalue weighted by atomic mass is 10.3. The number of thioether (sulfide) groups is 1. The largest absolute Gasteiger partial charge is 0.494 e. The molecule has 0 aliphatic heterocycles. The van der Waals surface area contributed by atoms with Gasteiger partial charge in [-0.15, -0.1) is 11.8 Å². The zero-order valence-electron chi connectivity index (χ0n) is 15.1. The molecule has 0 aromatic heterocycles. The Bertz CT molecular complexity index is 735. The first-order valence-electron chi connectivity index (χ1n) is 8.63. The van der Waals surface area contributed by atoms with Gasteiger partial charge < -0.3 is 14.8 Å². The molecule has 0 aliphatic carbocycles. The van der Waals surface area contributed by atoms with E-state index in [9.17, 15) is 9.59 Å². The molecular formula is C20H22ClNO4S. The Morgan fingerprint density at radius 3 is 2.44 bits per heavy atom.